The van der Waals surface area contributed by atoms with Gasteiger partial charge in [-0.05, 0) is 67.9 Å². The lowest BCUT2D eigenvalue weighted by Crippen LogP contribution is -2.38. The Kier molecular flexibility index (Phi) is 5.64. The van der Waals surface area contributed by atoms with Crippen LogP contribution in [0.3, 0.4) is 0 Å². The van der Waals surface area contributed by atoms with Gasteiger partial charge in [0.25, 0.3) is 0 Å². The molecule has 1 amide bonds. The number of benzene rings is 2. The normalized spacial score (nSPS) is 16.6. The molecule has 2 aromatic carbocycles. The molecule has 4 aromatic rings. The number of amides is 1. The molecule has 170 valence electrons. The minimum absolute atomic E-state index is 0.0671. The molecule has 1 fully saturated rings. The van der Waals surface area contributed by atoms with Crippen molar-refractivity contribution in [1.82, 2.24) is 14.5 Å². The van der Waals surface area contributed by atoms with E-state index in [-0.39, 0.29) is 18.5 Å². The van der Waals surface area contributed by atoms with Crippen molar-refractivity contribution in [2.24, 2.45) is 7.05 Å². The van der Waals surface area contributed by atoms with Gasteiger partial charge in [0, 0.05) is 23.5 Å². The van der Waals surface area contributed by atoms with Gasteiger partial charge in [-0.25, -0.2) is 9.78 Å². The van der Waals surface area contributed by atoms with E-state index in [0.29, 0.717) is 11.3 Å². The van der Waals surface area contributed by atoms with Crippen LogP contribution in [0.4, 0.5) is 5.69 Å². The van der Waals surface area contributed by atoms with Crippen LogP contribution in [0, 0.1) is 6.92 Å². The number of thiophene rings is 1. The lowest BCUT2D eigenvalue weighted by atomic mass is 10.0. The highest BCUT2D eigenvalue weighted by atomic mass is 32.1. The number of likely N-dealkylation sites (tertiary alicyclic amines) is 1. The van der Waals surface area contributed by atoms with E-state index in [4.69, 9.17) is 0 Å². The molecular weight excluding hydrogens is 436 g/mol. The molecule has 2 N–H and O–H groups in total. The summed E-state index contributed by atoms with van der Waals surface area (Å²) in [6.45, 7) is 3.08. The van der Waals surface area contributed by atoms with Crippen LogP contribution in [0.25, 0.3) is 21.1 Å². The predicted molar refractivity (Wildman–Crippen MR) is 131 cm³/mol. The second kappa shape index (κ2) is 8.61. The molecule has 33 heavy (non-hydrogen) atoms. The maximum absolute atomic E-state index is 12.8. The van der Waals surface area contributed by atoms with Gasteiger partial charge in [0.1, 0.15) is 10.7 Å². The van der Waals surface area contributed by atoms with E-state index >= 15 is 0 Å². The Morgan fingerprint density at radius 2 is 2.06 bits per heavy atom. The van der Waals surface area contributed by atoms with Gasteiger partial charge >= 0.3 is 5.97 Å². The van der Waals surface area contributed by atoms with Gasteiger partial charge in [0.2, 0.25) is 5.91 Å². The van der Waals surface area contributed by atoms with Crippen LogP contribution in [-0.2, 0) is 18.3 Å². The van der Waals surface area contributed by atoms with E-state index in [1.165, 1.54) is 11.3 Å². The molecule has 1 aliphatic rings. The molecular formula is C25H26N4O3S. The van der Waals surface area contributed by atoms with Crippen LogP contribution in [0.2, 0.25) is 0 Å². The zero-order valence-corrected chi connectivity index (χ0v) is 19.5. The van der Waals surface area contributed by atoms with Crippen LogP contribution >= 0.6 is 11.3 Å². The zero-order valence-electron chi connectivity index (χ0n) is 18.7. The van der Waals surface area contributed by atoms with E-state index in [2.05, 4.69) is 15.2 Å². The second-order valence-corrected chi connectivity index (χ2v) is 9.70. The second-order valence-electron chi connectivity index (χ2n) is 8.65. The summed E-state index contributed by atoms with van der Waals surface area (Å²) in [6, 6.07) is 13.8. The van der Waals surface area contributed by atoms with Crippen molar-refractivity contribution in [3.05, 3.63) is 58.7 Å². The third kappa shape index (κ3) is 4.12. The molecule has 8 heteroatoms. The lowest BCUT2D eigenvalue weighted by Gasteiger charge is -2.24. The van der Waals surface area contributed by atoms with Crippen molar-refractivity contribution in [2.45, 2.75) is 32.2 Å². The topological polar surface area (TPSA) is 87.5 Å². The van der Waals surface area contributed by atoms with Gasteiger partial charge in [-0.3, -0.25) is 9.69 Å². The van der Waals surface area contributed by atoms with Gasteiger partial charge in [-0.2, -0.15) is 0 Å². The summed E-state index contributed by atoms with van der Waals surface area (Å²) in [5, 5.41) is 13.8. The number of hydrogen-bond acceptors (Lipinski definition) is 5. The molecule has 0 radical (unpaired) electrons. The highest BCUT2D eigenvalue weighted by Gasteiger charge is 2.29. The smallest absolute Gasteiger partial charge is 0.346 e. The SMILES string of the molecule is Cc1nc2cc(NC(=O)CN3CCC[C@@H]3Cc3c(C(=O)O)sc4ccccc34)ccc2n1C. The van der Waals surface area contributed by atoms with Crippen molar-refractivity contribution in [3.63, 3.8) is 0 Å². The number of aromatic carboxylic acids is 1. The highest BCUT2D eigenvalue weighted by Crippen LogP contribution is 2.34. The van der Waals surface area contributed by atoms with Crippen LogP contribution in [0.15, 0.2) is 42.5 Å². The minimum atomic E-state index is -0.881. The van der Waals surface area contributed by atoms with Crippen LogP contribution in [0.5, 0.6) is 0 Å². The van der Waals surface area contributed by atoms with Crippen molar-refractivity contribution in [3.8, 4) is 0 Å². The van der Waals surface area contributed by atoms with E-state index in [1.54, 1.807) is 0 Å². The summed E-state index contributed by atoms with van der Waals surface area (Å²) in [6.07, 6.45) is 2.59. The molecule has 1 aliphatic heterocycles. The number of aryl methyl sites for hydroxylation is 2. The van der Waals surface area contributed by atoms with Crippen LogP contribution in [-0.4, -0.2) is 50.6 Å². The fourth-order valence-electron chi connectivity index (χ4n) is 4.83. The van der Waals surface area contributed by atoms with Crippen LogP contribution in [0.1, 0.15) is 33.9 Å². The van der Waals surface area contributed by atoms with Gasteiger partial charge in [-0.15, -0.1) is 11.3 Å². The molecule has 0 saturated carbocycles. The third-order valence-electron chi connectivity index (χ3n) is 6.57. The molecule has 0 bridgehead atoms. The fraction of sp³-hybridized carbons (Fsp3) is 0.320. The first-order valence-corrected chi connectivity index (χ1v) is 11.9. The lowest BCUT2D eigenvalue weighted by molar-refractivity contribution is -0.117. The van der Waals surface area contributed by atoms with Gasteiger partial charge in [0.05, 0.1) is 17.6 Å². The Morgan fingerprint density at radius 1 is 1.24 bits per heavy atom. The monoisotopic (exact) mass is 462 g/mol. The van der Waals surface area contributed by atoms with E-state index in [1.807, 2.05) is 61.0 Å². The van der Waals surface area contributed by atoms with Crippen molar-refractivity contribution in [1.29, 1.82) is 0 Å². The van der Waals surface area contributed by atoms with Crippen molar-refractivity contribution in [2.75, 3.05) is 18.4 Å². The average Bonchev–Trinajstić information content (AvgIpc) is 3.45. The summed E-state index contributed by atoms with van der Waals surface area (Å²) in [5.74, 6) is -0.0220. The number of imidazole rings is 1. The number of anilines is 1. The summed E-state index contributed by atoms with van der Waals surface area (Å²) in [4.78, 5) is 31.8. The summed E-state index contributed by atoms with van der Waals surface area (Å²) in [5.41, 5.74) is 3.51. The zero-order chi connectivity index (χ0) is 23.1. The number of carboxylic acids is 1. The first kappa shape index (κ1) is 21.6. The minimum Gasteiger partial charge on any atom is -0.477 e. The molecule has 0 aliphatic carbocycles. The number of nitrogens with zero attached hydrogens (tertiary/aromatic N) is 3. The first-order valence-electron chi connectivity index (χ1n) is 11.1. The predicted octanol–water partition coefficient (Wildman–Crippen LogP) is 4.44. The molecule has 5 rings (SSSR count). The summed E-state index contributed by atoms with van der Waals surface area (Å²) < 4.78 is 3.02. The number of fused-ring (bicyclic) bond motifs is 2. The first-order chi connectivity index (χ1) is 15.9. The molecule has 2 aromatic heterocycles. The van der Waals surface area contributed by atoms with Crippen molar-refractivity contribution < 1.29 is 14.7 Å². The van der Waals surface area contributed by atoms with E-state index in [0.717, 1.165) is 57.6 Å². The highest BCUT2D eigenvalue weighted by molar-refractivity contribution is 7.21. The Morgan fingerprint density at radius 3 is 2.88 bits per heavy atom. The molecule has 0 spiro atoms. The largest absolute Gasteiger partial charge is 0.477 e. The molecule has 1 saturated heterocycles. The maximum atomic E-state index is 12.8. The average molecular weight is 463 g/mol. The standard InChI is InChI=1S/C25H26N4O3S/c1-15-26-20-12-16(9-10-21(20)28(15)2)27-23(30)14-29-11-5-6-17(29)13-19-18-7-3-4-8-22(18)33-24(19)25(31)32/h3-4,7-10,12,17H,5-6,11,13-14H2,1-2H3,(H,27,30)(H,31,32)/t17-/m1/s1. The number of aromatic nitrogens is 2. The molecule has 1 atom stereocenters. The molecule has 0 unspecified atom stereocenters. The van der Waals surface area contributed by atoms with Gasteiger partial charge < -0.3 is 15.0 Å². The third-order valence-corrected chi connectivity index (χ3v) is 7.77. The van der Waals surface area contributed by atoms with Crippen LogP contribution < -0.4 is 5.32 Å². The van der Waals surface area contributed by atoms with E-state index in [9.17, 15) is 14.7 Å². The van der Waals surface area contributed by atoms with Gasteiger partial charge in [-0.1, -0.05) is 18.2 Å². The van der Waals surface area contributed by atoms with Gasteiger partial charge in [0.15, 0.2) is 0 Å². The Bertz CT molecular complexity index is 1370. The number of nitrogens with one attached hydrogen (secondary N) is 1. The quantitative estimate of drug-likeness (QED) is 0.442. The van der Waals surface area contributed by atoms with E-state index < -0.39 is 5.97 Å². The Balaban J connectivity index is 1.31. The number of rotatable bonds is 6. The maximum Gasteiger partial charge on any atom is 0.346 e. The Hall–Kier alpha value is -3.23. The molecule has 3 heterocycles. The fourth-order valence-corrected chi connectivity index (χ4v) is 5.90. The Labute approximate surface area is 195 Å². The number of carbonyl (C=O) groups excluding carboxylic acids is 1. The number of hydrogen-bond donors (Lipinski definition) is 2. The van der Waals surface area contributed by atoms with Crippen molar-refractivity contribution >= 4 is 50.0 Å². The summed E-state index contributed by atoms with van der Waals surface area (Å²) >= 11 is 1.33. The number of carbonyl (C=O) groups is 2. The molecule has 7 nitrogen and oxygen atoms in total. The number of carboxylic acid groups (broad SMARTS) is 1. The summed E-state index contributed by atoms with van der Waals surface area (Å²) in [7, 11) is 1.98.